The summed E-state index contributed by atoms with van der Waals surface area (Å²) < 4.78 is 35.7. The second-order valence-electron chi connectivity index (χ2n) is 4.15. The van der Waals surface area contributed by atoms with Gasteiger partial charge in [0.2, 0.25) is 10.0 Å². The molecule has 7 heteroatoms. The lowest BCUT2D eigenvalue weighted by atomic mass is 9.82. The SMILES string of the molecule is CS(=O)(=O)NCC1(CN)CC[S+]([O-])CC1. The van der Waals surface area contributed by atoms with E-state index in [1.165, 1.54) is 0 Å². The van der Waals surface area contributed by atoms with Gasteiger partial charge in [0.05, 0.1) is 6.26 Å². The molecule has 0 radical (unpaired) electrons. The standard InChI is InChI=1S/C8H18N2O3S2/c1-15(12,13)10-7-8(6-9)2-4-14(11)5-3-8/h10H,2-7,9H2,1H3. The molecular formula is C8H18N2O3S2. The molecule has 0 bridgehead atoms. The smallest absolute Gasteiger partial charge is 0.208 e. The highest BCUT2D eigenvalue weighted by Crippen LogP contribution is 2.30. The Hall–Kier alpha value is 0.180. The monoisotopic (exact) mass is 254 g/mol. The van der Waals surface area contributed by atoms with Crippen LogP contribution in [0.4, 0.5) is 0 Å². The second kappa shape index (κ2) is 5.01. The van der Waals surface area contributed by atoms with Crippen LogP contribution in [0.1, 0.15) is 12.8 Å². The molecule has 0 unspecified atom stereocenters. The molecule has 15 heavy (non-hydrogen) atoms. The van der Waals surface area contributed by atoms with Crippen molar-refractivity contribution in [3.8, 4) is 0 Å². The van der Waals surface area contributed by atoms with E-state index in [0.29, 0.717) is 24.6 Å². The quantitative estimate of drug-likeness (QED) is 0.631. The predicted octanol–water partition coefficient (Wildman–Crippen LogP) is -0.977. The average Bonchev–Trinajstić information content (AvgIpc) is 2.17. The van der Waals surface area contributed by atoms with Crippen molar-refractivity contribution in [3.05, 3.63) is 0 Å². The molecule has 5 nitrogen and oxygen atoms in total. The normalized spacial score (nSPS) is 32.9. The summed E-state index contributed by atoms with van der Waals surface area (Å²) in [5, 5.41) is 0. The maximum atomic E-state index is 11.2. The van der Waals surface area contributed by atoms with E-state index < -0.39 is 21.2 Å². The lowest BCUT2D eigenvalue weighted by Gasteiger charge is -2.36. The minimum absolute atomic E-state index is 0.197. The van der Waals surface area contributed by atoms with Gasteiger partial charge in [0.1, 0.15) is 11.5 Å². The zero-order valence-corrected chi connectivity index (χ0v) is 10.5. The van der Waals surface area contributed by atoms with Crippen molar-refractivity contribution in [2.45, 2.75) is 12.8 Å². The van der Waals surface area contributed by atoms with Crippen molar-refractivity contribution >= 4 is 21.2 Å². The highest BCUT2D eigenvalue weighted by Gasteiger charge is 2.36. The fourth-order valence-electron chi connectivity index (χ4n) is 1.63. The van der Waals surface area contributed by atoms with E-state index in [4.69, 9.17) is 5.73 Å². The molecule has 1 aliphatic heterocycles. The van der Waals surface area contributed by atoms with Crippen LogP contribution in [0.3, 0.4) is 0 Å². The van der Waals surface area contributed by atoms with Crippen LogP contribution in [0.5, 0.6) is 0 Å². The predicted molar refractivity (Wildman–Crippen MR) is 61.4 cm³/mol. The van der Waals surface area contributed by atoms with Crippen LogP contribution in [-0.2, 0) is 21.2 Å². The molecule has 0 aromatic carbocycles. The highest BCUT2D eigenvalue weighted by atomic mass is 32.2. The van der Waals surface area contributed by atoms with Gasteiger partial charge in [-0.1, -0.05) is 11.2 Å². The van der Waals surface area contributed by atoms with Crippen LogP contribution in [0.25, 0.3) is 0 Å². The summed E-state index contributed by atoms with van der Waals surface area (Å²) in [6, 6.07) is 0. The Morgan fingerprint density at radius 1 is 1.47 bits per heavy atom. The summed E-state index contributed by atoms with van der Waals surface area (Å²) in [4.78, 5) is 0. The van der Waals surface area contributed by atoms with Gasteiger partial charge in [0.15, 0.2) is 0 Å². The largest absolute Gasteiger partial charge is 0.616 e. The van der Waals surface area contributed by atoms with Crippen LogP contribution in [-0.4, -0.2) is 43.8 Å². The third kappa shape index (κ3) is 4.28. The maximum Gasteiger partial charge on any atom is 0.208 e. The Morgan fingerprint density at radius 2 is 2.00 bits per heavy atom. The van der Waals surface area contributed by atoms with Crippen molar-refractivity contribution in [2.24, 2.45) is 11.1 Å². The van der Waals surface area contributed by atoms with E-state index in [0.717, 1.165) is 19.1 Å². The Balaban J connectivity index is 2.54. The minimum atomic E-state index is -3.17. The third-order valence-electron chi connectivity index (χ3n) is 2.86. The molecule has 0 saturated carbocycles. The van der Waals surface area contributed by atoms with Crippen LogP contribution < -0.4 is 10.5 Å². The van der Waals surface area contributed by atoms with E-state index in [9.17, 15) is 13.0 Å². The van der Waals surface area contributed by atoms with Crippen LogP contribution >= 0.6 is 0 Å². The van der Waals surface area contributed by atoms with Gasteiger partial charge in [-0.05, 0) is 6.54 Å². The second-order valence-corrected chi connectivity index (χ2v) is 7.67. The number of sulfonamides is 1. The van der Waals surface area contributed by atoms with E-state index in [-0.39, 0.29) is 5.41 Å². The summed E-state index contributed by atoms with van der Waals surface area (Å²) in [6.45, 7) is 0.798. The molecular weight excluding hydrogens is 236 g/mol. The first kappa shape index (κ1) is 13.2. The summed E-state index contributed by atoms with van der Waals surface area (Å²) >= 11 is -0.746. The fourth-order valence-corrected chi connectivity index (χ4v) is 3.72. The molecule has 0 amide bonds. The molecule has 1 heterocycles. The van der Waals surface area contributed by atoms with Gasteiger partial charge in [-0.2, -0.15) is 0 Å². The molecule has 1 fully saturated rings. The van der Waals surface area contributed by atoms with E-state index in [1.54, 1.807) is 0 Å². The summed E-state index contributed by atoms with van der Waals surface area (Å²) in [7, 11) is -3.17. The first-order chi connectivity index (χ1) is 6.87. The molecule has 0 aromatic rings. The number of rotatable bonds is 4. The van der Waals surface area contributed by atoms with Gasteiger partial charge in [-0.15, -0.1) is 0 Å². The third-order valence-corrected chi connectivity index (χ3v) is 4.85. The molecule has 3 N–H and O–H groups in total. The molecule has 1 aliphatic rings. The van der Waals surface area contributed by atoms with Crippen molar-refractivity contribution < 1.29 is 13.0 Å². The van der Waals surface area contributed by atoms with E-state index in [1.807, 2.05) is 0 Å². The Bertz CT molecular complexity index is 297. The zero-order chi connectivity index (χ0) is 11.5. The van der Waals surface area contributed by atoms with Crippen molar-refractivity contribution in [1.29, 1.82) is 0 Å². The molecule has 1 rings (SSSR count). The Morgan fingerprint density at radius 3 is 2.40 bits per heavy atom. The lowest BCUT2D eigenvalue weighted by Crippen LogP contribution is -2.47. The topological polar surface area (TPSA) is 95.2 Å². The number of nitrogens with one attached hydrogen (secondary N) is 1. The van der Waals surface area contributed by atoms with Crippen molar-refractivity contribution in [3.63, 3.8) is 0 Å². The lowest BCUT2D eigenvalue weighted by molar-refractivity contribution is 0.267. The summed E-state index contributed by atoms with van der Waals surface area (Å²) in [6.07, 6.45) is 2.61. The molecule has 1 saturated heterocycles. The molecule has 0 atom stereocenters. The summed E-state index contributed by atoms with van der Waals surface area (Å²) in [5.41, 5.74) is 5.48. The first-order valence-corrected chi connectivity index (χ1v) is 8.25. The number of hydrogen-bond donors (Lipinski definition) is 2. The molecule has 0 spiro atoms. The van der Waals surface area contributed by atoms with Gasteiger partial charge in [-0.3, -0.25) is 0 Å². The van der Waals surface area contributed by atoms with Gasteiger partial charge >= 0.3 is 0 Å². The van der Waals surface area contributed by atoms with Crippen molar-refractivity contribution in [2.75, 3.05) is 30.9 Å². The zero-order valence-electron chi connectivity index (χ0n) is 8.86. The average molecular weight is 254 g/mol. The minimum Gasteiger partial charge on any atom is -0.616 e. The first-order valence-electron chi connectivity index (χ1n) is 4.87. The van der Waals surface area contributed by atoms with Gasteiger partial charge in [-0.25, -0.2) is 13.1 Å². The van der Waals surface area contributed by atoms with Crippen molar-refractivity contribution in [1.82, 2.24) is 4.72 Å². The van der Waals surface area contributed by atoms with E-state index >= 15 is 0 Å². The molecule has 90 valence electrons. The summed E-state index contributed by atoms with van der Waals surface area (Å²) in [5.74, 6) is 1.26. The number of nitrogens with two attached hydrogens (primary N) is 1. The fraction of sp³-hybridized carbons (Fsp3) is 1.00. The van der Waals surface area contributed by atoms with Gasteiger partial charge < -0.3 is 10.3 Å². The van der Waals surface area contributed by atoms with Crippen LogP contribution in [0, 0.1) is 5.41 Å². The molecule has 0 aromatic heterocycles. The van der Waals surface area contributed by atoms with Gasteiger partial charge in [0.25, 0.3) is 0 Å². The van der Waals surface area contributed by atoms with E-state index in [2.05, 4.69) is 4.72 Å². The highest BCUT2D eigenvalue weighted by molar-refractivity contribution is 7.91. The Kier molecular flexibility index (Phi) is 4.42. The maximum absolute atomic E-state index is 11.2. The van der Waals surface area contributed by atoms with Gasteiger partial charge in [0, 0.05) is 24.8 Å². The molecule has 0 aliphatic carbocycles. The van der Waals surface area contributed by atoms with Crippen LogP contribution in [0.2, 0.25) is 0 Å². The number of hydrogen-bond acceptors (Lipinski definition) is 4. The Labute approximate surface area is 94.0 Å². The van der Waals surface area contributed by atoms with Crippen LogP contribution in [0.15, 0.2) is 0 Å².